The van der Waals surface area contributed by atoms with Crippen LogP contribution in [0.15, 0.2) is 24.3 Å². The fraction of sp³-hybridized carbons (Fsp3) is 0.316. The van der Waals surface area contributed by atoms with Gasteiger partial charge in [-0.2, -0.15) is 5.10 Å². The van der Waals surface area contributed by atoms with Crippen LogP contribution in [-0.2, 0) is 32.0 Å². The van der Waals surface area contributed by atoms with E-state index in [-0.39, 0.29) is 24.4 Å². The Bertz CT molecular complexity index is 1060. The first-order valence-electron chi connectivity index (χ1n) is 8.60. The van der Waals surface area contributed by atoms with Crippen LogP contribution in [0.1, 0.15) is 21.9 Å². The molecular weight excluding hydrogens is 380 g/mol. The van der Waals surface area contributed by atoms with Crippen molar-refractivity contribution in [3.8, 4) is 16.9 Å². The molecule has 0 fully saturated rings. The second kappa shape index (κ2) is 8.65. The molecule has 0 aliphatic heterocycles. The smallest absolute Gasteiger partial charge is 0.360 e. The van der Waals surface area contributed by atoms with Gasteiger partial charge in [-0.25, -0.2) is 9.31 Å². The number of benzene rings is 1. The molecule has 0 N–H and O–H groups in total. The van der Waals surface area contributed by atoms with Gasteiger partial charge in [-0.15, -0.1) is 10.2 Å². The number of carbonyl (C=O) groups excluding carboxylic acids is 2. The number of rotatable bonds is 7. The summed E-state index contributed by atoms with van der Waals surface area (Å²) in [4.78, 5) is 24.1. The third-order valence-corrected chi connectivity index (χ3v) is 4.28. The van der Waals surface area contributed by atoms with Gasteiger partial charge in [-0.3, -0.25) is 4.79 Å². The van der Waals surface area contributed by atoms with E-state index in [0.717, 1.165) is 5.56 Å². The Hall–Kier alpha value is -3.53. The first kappa shape index (κ1) is 20.2. The molecule has 2 aromatic heterocycles. The average Bonchev–Trinajstić information content (AvgIpc) is 3.11. The van der Waals surface area contributed by atoms with E-state index in [0.29, 0.717) is 22.7 Å². The van der Waals surface area contributed by atoms with Crippen molar-refractivity contribution in [2.24, 2.45) is 0 Å². The molecule has 0 amide bonds. The first-order valence-corrected chi connectivity index (χ1v) is 8.60. The number of para-hydroxylation sites is 1. The minimum Gasteiger partial charge on any atom is -0.496 e. The summed E-state index contributed by atoms with van der Waals surface area (Å²) < 4.78 is 21.7. The van der Waals surface area contributed by atoms with Crippen LogP contribution in [0.5, 0.6) is 5.75 Å². The molecule has 3 rings (SSSR count). The molecule has 0 spiro atoms. The lowest BCUT2D eigenvalue weighted by Crippen LogP contribution is -2.19. The van der Waals surface area contributed by atoms with Crippen LogP contribution in [0.3, 0.4) is 0 Å². The zero-order chi connectivity index (χ0) is 21.0. The number of fused-ring (bicyclic) bond motifs is 1. The van der Waals surface area contributed by atoms with Crippen molar-refractivity contribution >= 4 is 17.6 Å². The molecule has 0 unspecified atom stereocenters. The molecule has 2 heterocycles. The molecule has 0 aliphatic carbocycles. The van der Waals surface area contributed by atoms with Crippen LogP contribution in [0.4, 0.5) is 0 Å². The number of methoxy groups -OCH3 is 4. The van der Waals surface area contributed by atoms with E-state index in [2.05, 4.69) is 15.3 Å². The zero-order valence-electron chi connectivity index (χ0n) is 16.5. The molecule has 0 atom stereocenters. The normalized spacial score (nSPS) is 10.8. The van der Waals surface area contributed by atoms with Crippen LogP contribution in [-0.4, -0.2) is 60.2 Å². The predicted molar refractivity (Wildman–Crippen MR) is 101 cm³/mol. The molecule has 10 nitrogen and oxygen atoms in total. The van der Waals surface area contributed by atoms with Crippen LogP contribution in [0.2, 0.25) is 0 Å². The summed E-state index contributed by atoms with van der Waals surface area (Å²) in [6, 6.07) is 7.35. The monoisotopic (exact) mass is 400 g/mol. The Balaban J connectivity index is 2.35. The SMILES string of the molecule is COCc1nn2c(CC(=O)OC)c(C(=O)OC)nnc2c1-c1ccccc1OC. The average molecular weight is 400 g/mol. The van der Waals surface area contributed by atoms with Crippen LogP contribution < -0.4 is 4.74 Å². The summed E-state index contributed by atoms with van der Waals surface area (Å²) in [5.74, 6) is -0.693. The molecule has 0 radical (unpaired) electrons. The summed E-state index contributed by atoms with van der Waals surface area (Å²) >= 11 is 0. The van der Waals surface area contributed by atoms with Gasteiger partial charge in [-0.05, 0) is 6.07 Å². The van der Waals surface area contributed by atoms with E-state index in [1.807, 2.05) is 18.2 Å². The van der Waals surface area contributed by atoms with Crippen molar-refractivity contribution in [2.45, 2.75) is 13.0 Å². The predicted octanol–water partition coefficient (Wildman–Crippen LogP) is 1.45. The highest BCUT2D eigenvalue weighted by Crippen LogP contribution is 2.35. The molecule has 3 aromatic rings. The number of aromatic nitrogens is 4. The summed E-state index contributed by atoms with van der Waals surface area (Å²) in [5, 5.41) is 12.7. The molecule has 0 aliphatic rings. The maximum Gasteiger partial charge on any atom is 0.360 e. The van der Waals surface area contributed by atoms with Crippen LogP contribution in [0.25, 0.3) is 16.8 Å². The minimum atomic E-state index is -0.735. The van der Waals surface area contributed by atoms with Crippen molar-refractivity contribution in [3.05, 3.63) is 41.3 Å². The molecule has 10 heteroatoms. The van der Waals surface area contributed by atoms with E-state index in [4.69, 9.17) is 18.9 Å². The highest BCUT2D eigenvalue weighted by Gasteiger charge is 2.26. The van der Waals surface area contributed by atoms with E-state index in [1.165, 1.54) is 25.8 Å². The van der Waals surface area contributed by atoms with E-state index < -0.39 is 11.9 Å². The number of nitrogens with zero attached hydrogens (tertiary/aromatic N) is 4. The highest BCUT2D eigenvalue weighted by molar-refractivity contribution is 5.91. The first-order chi connectivity index (χ1) is 14.0. The van der Waals surface area contributed by atoms with Gasteiger partial charge >= 0.3 is 11.9 Å². The van der Waals surface area contributed by atoms with Gasteiger partial charge < -0.3 is 18.9 Å². The number of ether oxygens (including phenoxy) is 4. The maximum absolute atomic E-state index is 12.2. The van der Waals surface area contributed by atoms with Gasteiger partial charge in [0.15, 0.2) is 11.3 Å². The molecule has 152 valence electrons. The standard InChI is InChI=1S/C19H20N4O6/c1-26-10-12-16(11-7-5-6-8-14(11)27-2)18-21-20-17(19(25)29-4)13(23(18)22-12)9-15(24)28-3/h5-8H,9-10H2,1-4H3. The molecule has 1 aromatic carbocycles. The lowest BCUT2D eigenvalue weighted by Gasteiger charge is -2.09. The third-order valence-electron chi connectivity index (χ3n) is 4.28. The largest absolute Gasteiger partial charge is 0.496 e. The van der Waals surface area contributed by atoms with E-state index in [1.54, 1.807) is 13.2 Å². The van der Waals surface area contributed by atoms with Gasteiger partial charge in [0.05, 0.1) is 51.3 Å². The lowest BCUT2D eigenvalue weighted by molar-refractivity contribution is -0.139. The van der Waals surface area contributed by atoms with Crippen molar-refractivity contribution in [2.75, 3.05) is 28.4 Å². The van der Waals surface area contributed by atoms with Crippen LogP contribution in [0, 0.1) is 0 Å². The third kappa shape index (κ3) is 3.74. The fourth-order valence-electron chi connectivity index (χ4n) is 2.98. The highest BCUT2D eigenvalue weighted by atomic mass is 16.5. The Morgan fingerprint density at radius 2 is 1.79 bits per heavy atom. The zero-order valence-corrected chi connectivity index (χ0v) is 16.5. The summed E-state index contributed by atoms with van der Waals surface area (Å²) in [6.07, 6.45) is -0.244. The Morgan fingerprint density at radius 1 is 1.03 bits per heavy atom. The molecule has 0 saturated heterocycles. The van der Waals surface area contributed by atoms with Crippen molar-refractivity contribution in [3.63, 3.8) is 0 Å². The van der Waals surface area contributed by atoms with Gasteiger partial charge in [0.2, 0.25) is 0 Å². The Kier molecular flexibility index (Phi) is 6.03. The van der Waals surface area contributed by atoms with E-state index >= 15 is 0 Å². The van der Waals surface area contributed by atoms with Crippen molar-refractivity contribution in [1.29, 1.82) is 0 Å². The molecule has 29 heavy (non-hydrogen) atoms. The van der Waals surface area contributed by atoms with Gasteiger partial charge in [-0.1, -0.05) is 18.2 Å². The topological polar surface area (TPSA) is 114 Å². The molecular formula is C19H20N4O6. The number of hydrogen-bond acceptors (Lipinski definition) is 9. The fourth-order valence-corrected chi connectivity index (χ4v) is 2.98. The van der Waals surface area contributed by atoms with Gasteiger partial charge in [0, 0.05) is 12.7 Å². The number of esters is 2. The van der Waals surface area contributed by atoms with Gasteiger partial charge in [0.25, 0.3) is 0 Å². The van der Waals surface area contributed by atoms with E-state index in [9.17, 15) is 9.59 Å². The van der Waals surface area contributed by atoms with Crippen molar-refractivity contribution < 1.29 is 28.5 Å². The molecule has 0 saturated carbocycles. The number of hydrogen-bond donors (Lipinski definition) is 0. The van der Waals surface area contributed by atoms with Crippen LogP contribution >= 0.6 is 0 Å². The lowest BCUT2D eigenvalue weighted by atomic mass is 10.0. The Labute approximate surface area is 166 Å². The second-order valence-electron chi connectivity index (χ2n) is 5.93. The number of carbonyl (C=O) groups is 2. The molecule has 0 bridgehead atoms. The maximum atomic E-state index is 12.2. The summed E-state index contributed by atoms with van der Waals surface area (Å²) in [7, 11) is 5.57. The quantitative estimate of drug-likeness (QED) is 0.544. The van der Waals surface area contributed by atoms with Gasteiger partial charge in [0.1, 0.15) is 5.75 Å². The second-order valence-corrected chi connectivity index (χ2v) is 5.93. The summed E-state index contributed by atoms with van der Waals surface area (Å²) in [6.45, 7) is 0.169. The Morgan fingerprint density at radius 3 is 2.45 bits per heavy atom. The van der Waals surface area contributed by atoms with Crippen molar-refractivity contribution in [1.82, 2.24) is 19.8 Å². The minimum absolute atomic E-state index is 0.122. The summed E-state index contributed by atoms with van der Waals surface area (Å²) in [5.41, 5.74) is 2.31.